The Balaban J connectivity index is 0.000000207. The fraction of sp³-hybridized carbons (Fsp3) is 0.182. The number of halogens is 7. The van der Waals surface area contributed by atoms with Crippen LogP contribution in [0.4, 0.5) is 16.0 Å². The first-order valence-corrected chi connectivity index (χ1v) is 19.0. The van der Waals surface area contributed by atoms with Crippen LogP contribution in [0.15, 0.2) is 60.1 Å². The van der Waals surface area contributed by atoms with Crippen LogP contribution < -0.4 is 17.0 Å². The van der Waals surface area contributed by atoms with Gasteiger partial charge in [0.2, 0.25) is 0 Å². The number of hydrogen-bond donors (Lipinski definition) is 8. The van der Waals surface area contributed by atoms with Crippen molar-refractivity contribution < 1.29 is 15.8 Å². The first-order chi connectivity index (χ1) is 28.0. The number of rotatable bonds is 3. The lowest BCUT2D eigenvalue weighted by atomic mass is 9.99. The molecule has 0 radical (unpaired) electrons. The largest absolute Gasteiger partial charge is 0.448 e. The van der Waals surface area contributed by atoms with E-state index in [0.717, 1.165) is 22.8 Å². The molecule has 0 aliphatic carbocycles. The average molecular weight is 962 g/mol. The molecular formula is C33H35BBrCl5FN15O2. The molecule has 0 atom stereocenters. The van der Waals surface area contributed by atoms with Crippen LogP contribution in [0.25, 0.3) is 33.5 Å². The van der Waals surface area contributed by atoms with Gasteiger partial charge in [0.15, 0.2) is 38.8 Å². The monoisotopic (exact) mass is 958 g/mol. The van der Waals surface area contributed by atoms with Crippen molar-refractivity contribution in [1.82, 2.24) is 59.4 Å². The molecule has 8 rings (SSSR count). The molecule has 0 amide bonds. The lowest BCUT2D eigenvalue weighted by molar-refractivity contribution is 0.417. The maximum absolute atomic E-state index is 9.96. The number of aromatic nitrogens is 12. The van der Waals surface area contributed by atoms with Crippen LogP contribution in [-0.2, 0) is 12.4 Å². The zero-order valence-electron chi connectivity index (χ0n) is 31.6. The Labute approximate surface area is 365 Å². The highest BCUT2D eigenvalue weighted by atomic mass is 79.9. The maximum Gasteiger partial charge on any atom is 0.448 e. The van der Waals surface area contributed by atoms with Crippen LogP contribution in [0.2, 0.25) is 26.9 Å². The molecule has 58 heavy (non-hydrogen) atoms. The van der Waals surface area contributed by atoms with Gasteiger partial charge in [-0.1, -0.05) is 58.5 Å². The van der Waals surface area contributed by atoms with Crippen molar-refractivity contribution in [3.05, 3.63) is 108 Å². The van der Waals surface area contributed by atoms with Crippen LogP contribution in [0.5, 0.6) is 0 Å². The predicted molar refractivity (Wildman–Crippen MR) is 232 cm³/mol. The SMILES string of the molecule is CB(O)O.Cc1nc2c([nH]1)c(=N)ncn2Cc1c(Cl)cccc1Cl.Cc1nc2ncnc(N)c2[nH]1.ClCc1c(Cl)cccc1Cl.Nc1ncnc2nc(Br)[nH]c12.[2H]CF. The molecule has 0 saturated carbocycles. The quantitative estimate of drug-likeness (QED) is 0.0494. The third-order valence-corrected chi connectivity index (χ3v) is 9.01. The number of anilines is 2. The molecule has 0 aliphatic rings. The van der Waals surface area contributed by atoms with Crippen LogP contribution >= 0.6 is 73.9 Å². The van der Waals surface area contributed by atoms with E-state index >= 15 is 0 Å². The minimum atomic E-state index is -1.17. The summed E-state index contributed by atoms with van der Waals surface area (Å²) >= 11 is 32.6. The van der Waals surface area contributed by atoms with E-state index in [4.69, 9.17) is 86.3 Å². The molecule has 0 saturated heterocycles. The number of aromatic amines is 3. The number of nitrogens with one attached hydrogen (secondary N) is 4. The molecule has 10 N–H and O–H groups in total. The Morgan fingerprint density at radius 1 is 0.793 bits per heavy atom. The van der Waals surface area contributed by atoms with Gasteiger partial charge in [-0.05, 0) is 60.9 Å². The van der Waals surface area contributed by atoms with Crippen molar-refractivity contribution in [3.63, 3.8) is 0 Å². The van der Waals surface area contributed by atoms with E-state index in [9.17, 15) is 4.39 Å². The number of nitrogens with zero attached hydrogens (tertiary/aromatic N) is 9. The fourth-order valence-electron chi connectivity index (χ4n) is 4.51. The van der Waals surface area contributed by atoms with Crippen LogP contribution in [0.1, 0.15) is 24.1 Å². The van der Waals surface area contributed by atoms with Crippen molar-refractivity contribution >= 4 is 126 Å². The summed E-state index contributed by atoms with van der Waals surface area (Å²) in [6.45, 7) is 5.42. The highest BCUT2D eigenvalue weighted by Crippen LogP contribution is 2.26. The number of H-pyrrole nitrogens is 3. The zero-order chi connectivity index (χ0) is 43.8. The molecule has 8 aromatic rings. The number of hydrogen-bond acceptors (Lipinski definition) is 13. The second-order valence-corrected chi connectivity index (χ2v) is 13.8. The van der Waals surface area contributed by atoms with E-state index in [1.54, 1.807) is 42.7 Å². The van der Waals surface area contributed by atoms with E-state index in [1.165, 1.54) is 19.5 Å². The summed E-state index contributed by atoms with van der Waals surface area (Å²) in [4.78, 5) is 40.9. The highest BCUT2D eigenvalue weighted by Gasteiger charge is 2.11. The predicted octanol–water partition coefficient (Wildman–Crippen LogP) is 7.25. The number of nitrogens with two attached hydrogens (primary N) is 2. The molecule has 6 aromatic heterocycles. The molecule has 306 valence electrons. The number of benzene rings is 2. The molecular weight excluding hydrogens is 925 g/mol. The maximum atomic E-state index is 9.96. The van der Waals surface area contributed by atoms with E-state index in [-0.39, 0.29) is 5.49 Å². The molecule has 0 spiro atoms. The number of imidazole rings is 3. The van der Waals surface area contributed by atoms with Gasteiger partial charge >= 0.3 is 7.12 Å². The Hall–Kier alpha value is -4.67. The van der Waals surface area contributed by atoms with Gasteiger partial charge in [0.05, 0.1) is 27.3 Å². The molecule has 0 bridgehead atoms. The van der Waals surface area contributed by atoms with Crippen LogP contribution in [0.3, 0.4) is 0 Å². The number of alkyl halides is 2. The second-order valence-electron chi connectivity index (χ2n) is 11.2. The van der Waals surface area contributed by atoms with Gasteiger partial charge in [0, 0.05) is 31.2 Å². The average Bonchev–Trinajstić information content (AvgIpc) is 3.88. The summed E-state index contributed by atoms with van der Waals surface area (Å²) in [5.74, 6) is 2.75. The Kier molecular flexibility index (Phi) is 18.3. The Morgan fingerprint density at radius 2 is 1.24 bits per heavy atom. The highest BCUT2D eigenvalue weighted by molar-refractivity contribution is 9.10. The molecule has 25 heteroatoms. The third kappa shape index (κ3) is 13.5. The Morgan fingerprint density at radius 3 is 1.71 bits per heavy atom. The zero-order valence-corrected chi connectivity index (χ0v) is 36.0. The van der Waals surface area contributed by atoms with Gasteiger partial charge in [-0.2, -0.15) is 0 Å². The van der Waals surface area contributed by atoms with Gasteiger partial charge in [0.1, 0.15) is 40.9 Å². The van der Waals surface area contributed by atoms with Crippen molar-refractivity contribution in [2.75, 3.05) is 18.6 Å². The molecule has 17 nitrogen and oxygen atoms in total. The van der Waals surface area contributed by atoms with Crippen molar-refractivity contribution in [1.29, 1.82) is 5.41 Å². The van der Waals surface area contributed by atoms with Crippen molar-refractivity contribution in [2.45, 2.75) is 33.1 Å². The van der Waals surface area contributed by atoms with Crippen molar-refractivity contribution in [3.8, 4) is 0 Å². The van der Waals surface area contributed by atoms with Gasteiger partial charge in [0.25, 0.3) is 0 Å². The van der Waals surface area contributed by atoms with E-state index in [2.05, 4.69) is 70.8 Å². The van der Waals surface area contributed by atoms with Gasteiger partial charge < -0.3 is 41.0 Å². The Bertz CT molecular complexity index is 2530. The second kappa shape index (κ2) is 23.1. The fourth-order valence-corrected chi connectivity index (χ4v) is 6.35. The van der Waals surface area contributed by atoms with E-state index < -0.39 is 14.3 Å². The summed E-state index contributed by atoms with van der Waals surface area (Å²) < 4.78 is 17.9. The van der Waals surface area contributed by atoms with Crippen LogP contribution in [-0.4, -0.2) is 83.7 Å². The summed E-state index contributed by atoms with van der Waals surface area (Å²) in [7, 11) is -2.17. The standard InChI is InChI=1S/C13H11Cl2N5.C7H5Cl3.C6H7N5.C5H4BrN5.CH5BO2.CH3F/c1-7-18-11-12(16)17-6-20(13(11)19-7)5-8-9(14)3-2-4-10(8)15;8-4-5-6(9)2-1-3-7(5)10;1-3-10-4-5(7)8-2-9-6(4)11-3;6-5-10-2-3(7)8-1-9-4(2)11-5;1-2(3)4;1-2/h2-4,6,16H,5H2,1H3,(H,18,19);1-3H,4H2;2H,1H3,(H3,7,8,9,10,11);1H,(H3,7,8,9,10,11);3-4H,1H3;1H3/i;;;;;1D. The normalized spacial score (nSPS) is 10.4. The lowest BCUT2D eigenvalue weighted by Gasteiger charge is -2.10. The number of fused-ring (bicyclic) bond motifs is 3. The molecule has 0 unspecified atom stereocenters. The first kappa shape index (κ1) is 46.0. The van der Waals surface area contributed by atoms with Gasteiger partial charge in [-0.3, -0.25) is 9.80 Å². The number of nitrogen functional groups attached to an aromatic ring is 2. The molecule has 0 fully saturated rings. The smallest absolute Gasteiger partial charge is 0.427 e. The first-order valence-electron chi connectivity index (χ1n) is 16.9. The van der Waals surface area contributed by atoms with Gasteiger partial charge in [-0.25, -0.2) is 39.9 Å². The summed E-state index contributed by atoms with van der Waals surface area (Å²) in [5, 5.41) is 25.5. The molecule has 2 aromatic carbocycles. The topological polar surface area (TPSA) is 272 Å². The molecule has 0 aliphatic heterocycles. The third-order valence-electron chi connectivity index (χ3n) is 6.95. The van der Waals surface area contributed by atoms with Crippen molar-refractivity contribution in [2.24, 2.45) is 0 Å². The van der Waals surface area contributed by atoms with E-state index in [0.29, 0.717) is 82.4 Å². The molecule has 6 heterocycles. The summed E-state index contributed by atoms with van der Waals surface area (Å²) in [5.41, 5.74) is 16.7. The minimum Gasteiger partial charge on any atom is -0.427 e. The lowest BCUT2D eigenvalue weighted by Crippen LogP contribution is -2.13. The van der Waals surface area contributed by atoms with E-state index in [1.807, 2.05) is 18.4 Å². The minimum absolute atomic E-state index is 0.169. The van der Waals surface area contributed by atoms with Gasteiger partial charge in [-0.15, -0.1) is 11.6 Å². The van der Waals surface area contributed by atoms with Crippen LogP contribution in [0, 0.1) is 19.3 Å². The summed E-state index contributed by atoms with van der Waals surface area (Å²) in [6.07, 6.45) is 4.35. The summed E-state index contributed by atoms with van der Waals surface area (Å²) in [6, 6.07) is 10.7. The number of aryl methyl sites for hydroxylation is 2.